The molecule has 0 unspecified atom stereocenters. The van der Waals surface area contributed by atoms with Crippen LogP contribution in [0.15, 0.2) is 15.9 Å². The smallest absolute Gasteiger partial charge is 0.339 e. The Hall–Kier alpha value is -1.34. The molecule has 17 heavy (non-hydrogen) atoms. The number of aromatic nitrogens is 3. The first kappa shape index (κ1) is 12.1. The number of carboxylic acids is 1. The normalized spacial score (nSPS) is 10.7. The minimum absolute atomic E-state index is 0.258. The maximum Gasteiger partial charge on any atom is 0.339 e. The summed E-state index contributed by atoms with van der Waals surface area (Å²) >= 11 is 3.09. The van der Waals surface area contributed by atoms with E-state index in [-0.39, 0.29) is 5.56 Å². The molecule has 0 aliphatic rings. The van der Waals surface area contributed by atoms with E-state index in [9.17, 15) is 4.79 Å². The molecule has 0 radical (unpaired) electrons. The van der Waals surface area contributed by atoms with Gasteiger partial charge in [-0.2, -0.15) is 5.10 Å². The van der Waals surface area contributed by atoms with Crippen LogP contribution >= 0.6 is 23.1 Å². The van der Waals surface area contributed by atoms with E-state index in [0.717, 1.165) is 10.0 Å². The molecule has 2 heterocycles. The molecule has 2 aromatic rings. The minimum Gasteiger partial charge on any atom is -0.478 e. The topological polar surface area (TPSA) is 68.0 Å². The van der Waals surface area contributed by atoms with Crippen molar-refractivity contribution in [3.63, 3.8) is 0 Å². The highest BCUT2D eigenvalue weighted by Gasteiger charge is 2.15. The molecule has 0 aliphatic heterocycles. The van der Waals surface area contributed by atoms with Gasteiger partial charge in [-0.1, -0.05) is 11.8 Å². The lowest BCUT2D eigenvalue weighted by atomic mass is 10.3. The van der Waals surface area contributed by atoms with Crippen LogP contribution in [0.3, 0.4) is 0 Å². The van der Waals surface area contributed by atoms with E-state index in [1.54, 1.807) is 23.1 Å². The molecule has 1 N–H and O–H groups in total. The van der Waals surface area contributed by atoms with Crippen LogP contribution in [0.5, 0.6) is 0 Å². The summed E-state index contributed by atoms with van der Waals surface area (Å²) < 4.78 is 2.54. The van der Waals surface area contributed by atoms with Crippen molar-refractivity contribution in [2.75, 3.05) is 0 Å². The number of carbonyl (C=O) groups is 1. The summed E-state index contributed by atoms with van der Waals surface area (Å²) in [5.74, 6) is -0.380. The molecule has 0 fully saturated rings. The summed E-state index contributed by atoms with van der Waals surface area (Å²) in [5, 5.41) is 14.9. The van der Waals surface area contributed by atoms with Gasteiger partial charge < -0.3 is 5.11 Å². The van der Waals surface area contributed by atoms with E-state index in [1.165, 1.54) is 18.0 Å². The van der Waals surface area contributed by atoms with Gasteiger partial charge in [-0.25, -0.2) is 9.78 Å². The van der Waals surface area contributed by atoms with Gasteiger partial charge in [0.05, 0.1) is 11.9 Å². The van der Waals surface area contributed by atoms with Crippen LogP contribution in [0, 0.1) is 6.92 Å². The van der Waals surface area contributed by atoms with Crippen LogP contribution in [0.1, 0.15) is 21.7 Å². The third kappa shape index (κ3) is 2.67. The Morgan fingerprint density at radius 1 is 1.65 bits per heavy atom. The minimum atomic E-state index is -0.941. The fourth-order valence-electron chi connectivity index (χ4n) is 1.34. The fraction of sp³-hybridized carbons (Fsp3) is 0.300. The van der Waals surface area contributed by atoms with Gasteiger partial charge >= 0.3 is 5.97 Å². The summed E-state index contributed by atoms with van der Waals surface area (Å²) in [7, 11) is 1.75. The van der Waals surface area contributed by atoms with Gasteiger partial charge in [-0.3, -0.25) is 4.68 Å². The van der Waals surface area contributed by atoms with Crippen molar-refractivity contribution in [1.29, 1.82) is 0 Å². The van der Waals surface area contributed by atoms with Crippen molar-refractivity contribution in [3.05, 3.63) is 28.5 Å². The molecule has 7 heteroatoms. The highest BCUT2D eigenvalue weighted by atomic mass is 32.2. The van der Waals surface area contributed by atoms with Crippen molar-refractivity contribution in [1.82, 2.24) is 14.8 Å². The molecular weight excluding hydrogens is 258 g/mol. The van der Waals surface area contributed by atoms with E-state index < -0.39 is 5.97 Å². The first-order valence-corrected chi connectivity index (χ1v) is 6.73. The van der Waals surface area contributed by atoms with E-state index >= 15 is 0 Å². The second kappa shape index (κ2) is 4.89. The standard InChI is InChI=1S/C10H11N3O2S2/c1-6-4-16-10(12-6)17-5-8-7(9(14)15)3-11-13(8)2/h3-4H,5H2,1-2H3,(H,14,15). The van der Waals surface area contributed by atoms with Gasteiger partial charge in [-0.15, -0.1) is 11.3 Å². The van der Waals surface area contributed by atoms with E-state index in [1.807, 2.05) is 12.3 Å². The van der Waals surface area contributed by atoms with Gasteiger partial charge in [0.25, 0.3) is 0 Å². The number of rotatable bonds is 4. The lowest BCUT2D eigenvalue weighted by molar-refractivity contribution is 0.0696. The van der Waals surface area contributed by atoms with Crippen LogP contribution < -0.4 is 0 Å². The zero-order chi connectivity index (χ0) is 12.4. The number of hydrogen-bond donors (Lipinski definition) is 1. The zero-order valence-electron chi connectivity index (χ0n) is 9.38. The Kier molecular flexibility index (Phi) is 3.49. The second-order valence-electron chi connectivity index (χ2n) is 3.48. The number of thioether (sulfide) groups is 1. The van der Waals surface area contributed by atoms with Crippen LogP contribution in [0.4, 0.5) is 0 Å². The molecule has 0 aromatic carbocycles. The molecule has 0 spiro atoms. The van der Waals surface area contributed by atoms with Crippen molar-refractivity contribution >= 4 is 29.1 Å². The molecule has 0 amide bonds. The van der Waals surface area contributed by atoms with Gasteiger partial charge in [0.15, 0.2) is 0 Å². The summed E-state index contributed by atoms with van der Waals surface area (Å²) in [5.41, 5.74) is 1.95. The maximum atomic E-state index is 11.0. The van der Waals surface area contributed by atoms with Gasteiger partial charge in [-0.05, 0) is 6.92 Å². The van der Waals surface area contributed by atoms with E-state index in [0.29, 0.717) is 11.4 Å². The first-order valence-electron chi connectivity index (χ1n) is 4.87. The monoisotopic (exact) mass is 269 g/mol. The largest absolute Gasteiger partial charge is 0.478 e. The van der Waals surface area contributed by atoms with Gasteiger partial charge in [0, 0.05) is 23.9 Å². The first-order chi connectivity index (χ1) is 8.08. The van der Waals surface area contributed by atoms with Gasteiger partial charge in [0.1, 0.15) is 9.90 Å². The number of aromatic carboxylic acids is 1. The maximum absolute atomic E-state index is 11.0. The van der Waals surface area contributed by atoms with E-state index in [4.69, 9.17) is 5.11 Å². The van der Waals surface area contributed by atoms with Crippen LogP contribution in [-0.2, 0) is 12.8 Å². The Morgan fingerprint density at radius 2 is 2.41 bits per heavy atom. The van der Waals surface area contributed by atoms with Crippen molar-refractivity contribution in [2.45, 2.75) is 17.0 Å². The van der Waals surface area contributed by atoms with Gasteiger partial charge in [0.2, 0.25) is 0 Å². The molecule has 0 saturated heterocycles. The highest BCUT2D eigenvalue weighted by molar-refractivity contribution is 8.00. The molecule has 5 nitrogen and oxygen atoms in total. The molecule has 2 rings (SSSR count). The molecular formula is C10H11N3O2S2. The Labute approximate surface area is 106 Å². The molecule has 0 saturated carbocycles. The third-order valence-corrected chi connectivity index (χ3v) is 4.37. The number of thiazole rings is 1. The van der Waals surface area contributed by atoms with Crippen LogP contribution in [-0.4, -0.2) is 25.8 Å². The summed E-state index contributed by atoms with van der Waals surface area (Å²) in [4.78, 5) is 15.3. The molecule has 90 valence electrons. The molecule has 2 aromatic heterocycles. The predicted molar refractivity (Wildman–Crippen MR) is 66.6 cm³/mol. The predicted octanol–water partition coefficient (Wildman–Crippen LogP) is 2.18. The van der Waals surface area contributed by atoms with Crippen LogP contribution in [0.2, 0.25) is 0 Å². The van der Waals surface area contributed by atoms with Crippen molar-refractivity contribution in [3.8, 4) is 0 Å². The average molecular weight is 269 g/mol. The van der Waals surface area contributed by atoms with Crippen molar-refractivity contribution in [2.24, 2.45) is 7.05 Å². The highest BCUT2D eigenvalue weighted by Crippen LogP contribution is 2.26. The third-order valence-electron chi connectivity index (χ3n) is 2.22. The van der Waals surface area contributed by atoms with E-state index in [2.05, 4.69) is 10.1 Å². The Morgan fingerprint density at radius 3 is 3.00 bits per heavy atom. The molecule has 0 atom stereocenters. The molecule has 0 bridgehead atoms. The fourth-order valence-corrected chi connectivity index (χ4v) is 3.27. The van der Waals surface area contributed by atoms with Crippen LogP contribution in [0.25, 0.3) is 0 Å². The number of carboxylic acid groups (broad SMARTS) is 1. The quantitative estimate of drug-likeness (QED) is 0.862. The van der Waals surface area contributed by atoms with Crippen molar-refractivity contribution < 1.29 is 9.90 Å². The summed E-state index contributed by atoms with van der Waals surface area (Å²) in [6.45, 7) is 1.94. The average Bonchev–Trinajstić information content (AvgIpc) is 2.82. The second-order valence-corrected chi connectivity index (χ2v) is 5.56. The number of aryl methyl sites for hydroxylation is 2. The summed E-state index contributed by atoms with van der Waals surface area (Å²) in [6, 6.07) is 0. The number of hydrogen-bond acceptors (Lipinski definition) is 5. The Balaban J connectivity index is 2.13. The lowest BCUT2D eigenvalue weighted by Crippen LogP contribution is -2.03. The Bertz CT molecular complexity index is 547. The number of nitrogens with zero attached hydrogens (tertiary/aromatic N) is 3. The molecule has 0 aliphatic carbocycles. The summed E-state index contributed by atoms with van der Waals surface area (Å²) in [6.07, 6.45) is 1.38. The lowest BCUT2D eigenvalue weighted by Gasteiger charge is -2.01. The SMILES string of the molecule is Cc1csc(SCc2c(C(=O)O)cnn2C)n1. The zero-order valence-corrected chi connectivity index (χ0v) is 11.0.